The zero-order valence-electron chi connectivity index (χ0n) is 17.1. The van der Waals surface area contributed by atoms with Gasteiger partial charge in [0.05, 0.1) is 16.8 Å². The first kappa shape index (κ1) is 22.1. The fraction of sp³-hybridized carbons (Fsp3) is 0.125. The van der Waals surface area contributed by atoms with Gasteiger partial charge in [0.25, 0.3) is 5.91 Å². The molecule has 6 nitrogen and oxygen atoms in total. The number of aryl methyl sites for hydroxylation is 2. The van der Waals surface area contributed by atoms with Gasteiger partial charge in [-0.15, -0.1) is 0 Å². The fourth-order valence-electron chi connectivity index (χ4n) is 2.57. The molecule has 0 radical (unpaired) electrons. The van der Waals surface area contributed by atoms with Crippen molar-refractivity contribution in [1.29, 1.82) is 0 Å². The maximum atomic E-state index is 12.2. The summed E-state index contributed by atoms with van der Waals surface area (Å²) in [6, 6.07) is 19.0. The molecule has 158 valence electrons. The Morgan fingerprint density at radius 2 is 1.68 bits per heavy atom. The third-order valence-electron chi connectivity index (χ3n) is 4.44. The predicted molar refractivity (Wildman–Crippen MR) is 120 cm³/mol. The van der Waals surface area contributed by atoms with Crippen LogP contribution in [0.3, 0.4) is 0 Å². The van der Waals surface area contributed by atoms with Gasteiger partial charge in [0.2, 0.25) is 0 Å². The van der Waals surface area contributed by atoms with Crippen molar-refractivity contribution in [3.05, 3.63) is 94.0 Å². The van der Waals surface area contributed by atoms with Crippen molar-refractivity contribution >= 4 is 29.7 Å². The lowest BCUT2D eigenvalue weighted by molar-refractivity contribution is -0.123. The second-order valence-corrected chi connectivity index (χ2v) is 7.17. The highest BCUT2D eigenvalue weighted by molar-refractivity contribution is 6.33. The van der Waals surface area contributed by atoms with Crippen molar-refractivity contribution in [1.82, 2.24) is 5.43 Å². The van der Waals surface area contributed by atoms with Crippen LogP contribution in [0.4, 0.5) is 0 Å². The van der Waals surface area contributed by atoms with Crippen LogP contribution in [0.5, 0.6) is 11.5 Å². The number of hydrogen-bond acceptors (Lipinski definition) is 5. The zero-order valence-corrected chi connectivity index (χ0v) is 17.8. The Balaban J connectivity index is 1.47. The number of nitrogens with zero attached hydrogens (tertiary/aromatic N) is 1. The Hall–Kier alpha value is -3.64. The number of carbonyl (C=O) groups is 2. The largest absolute Gasteiger partial charge is 0.484 e. The van der Waals surface area contributed by atoms with Crippen LogP contribution in [-0.4, -0.2) is 24.7 Å². The van der Waals surface area contributed by atoms with Crippen molar-refractivity contribution < 1.29 is 19.1 Å². The number of carbonyl (C=O) groups excluding carboxylic acids is 2. The molecule has 0 heterocycles. The lowest BCUT2D eigenvalue weighted by Gasteiger charge is -2.07. The molecule has 3 aromatic carbocycles. The summed E-state index contributed by atoms with van der Waals surface area (Å²) >= 11 is 6.00. The molecular weight excluding hydrogens is 416 g/mol. The molecule has 0 atom stereocenters. The smallest absolute Gasteiger partial charge is 0.345 e. The van der Waals surface area contributed by atoms with Gasteiger partial charge in [-0.2, -0.15) is 5.10 Å². The first-order valence-electron chi connectivity index (χ1n) is 9.51. The molecule has 3 aromatic rings. The van der Waals surface area contributed by atoms with Gasteiger partial charge >= 0.3 is 5.97 Å². The molecule has 0 aliphatic carbocycles. The average Bonchev–Trinajstić information content (AvgIpc) is 2.76. The molecule has 0 aliphatic rings. The summed E-state index contributed by atoms with van der Waals surface area (Å²) in [6.45, 7) is 3.85. The van der Waals surface area contributed by atoms with Crippen LogP contribution >= 0.6 is 11.6 Å². The van der Waals surface area contributed by atoms with E-state index in [1.54, 1.807) is 48.5 Å². The molecule has 0 bridgehead atoms. The van der Waals surface area contributed by atoms with Crippen LogP contribution in [0, 0.1) is 13.8 Å². The number of rotatable bonds is 7. The van der Waals surface area contributed by atoms with E-state index in [9.17, 15) is 9.59 Å². The number of benzene rings is 3. The standard InChI is InChI=1S/C24H21ClN2O4/c1-16-7-10-20(13-17(16)2)30-15-23(28)27-26-14-18-8-11-19(12-9-18)31-24(29)21-5-3-4-6-22(21)25/h3-14H,15H2,1-2H3,(H,27,28)/b26-14+. The molecule has 0 spiro atoms. The topological polar surface area (TPSA) is 77.0 Å². The van der Waals surface area contributed by atoms with Gasteiger partial charge < -0.3 is 9.47 Å². The van der Waals surface area contributed by atoms with E-state index < -0.39 is 5.97 Å². The van der Waals surface area contributed by atoms with E-state index in [0.29, 0.717) is 27.6 Å². The number of ether oxygens (including phenoxy) is 2. The lowest BCUT2D eigenvalue weighted by atomic mass is 10.1. The van der Waals surface area contributed by atoms with Crippen LogP contribution in [0.15, 0.2) is 71.8 Å². The van der Waals surface area contributed by atoms with Gasteiger partial charge in [-0.05, 0) is 79.1 Å². The first-order chi connectivity index (χ1) is 14.9. The molecule has 31 heavy (non-hydrogen) atoms. The number of hydrogen-bond donors (Lipinski definition) is 1. The monoisotopic (exact) mass is 436 g/mol. The highest BCUT2D eigenvalue weighted by Crippen LogP contribution is 2.19. The Labute approximate surface area is 185 Å². The number of esters is 1. The minimum atomic E-state index is -0.539. The van der Waals surface area contributed by atoms with E-state index >= 15 is 0 Å². The molecule has 3 rings (SSSR count). The summed E-state index contributed by atoms with van der Waals surface area (Å²) in [5, 5.41) is 4.23. The lowest BCUT2D eigenvalue weighted by Crippen LogP contribution is -2.24. The molecule has 0 fully saturated rings. The van der Waals surface area contributed by atoms with Gasteiger partial charge in [0, 0.05) is 0 Å². The molecule has 0 unspecified atom stereocenters. The molecule has 1 N–H and O–H groups in total. The van der Waals surface area contributed by atoms with Crippen LogP contribution in [-0.2, 0) is 4.79 Å². The number of halogens is 1. The second kappa shape index (κ2) is 10.4. The van der Waals surface area contributed by atoms with Gasteiger partial charge in [0.1, 0.15) is 11.5 Å². The summed E-state index contributed by atoms with van der Waals surface area (Å²) in [7, 11) is 0. The molecule has 0 saturated carbocycles. The predicted octanol–water partition coefficient (Wildman–Crippen LogP) is 4.71. The van der Waals surface area contributed by atoms with Crippen molar-refractivity contribution in [2.45, 2.75) is 13.8 Å². The maximum Gasteiger partial charge on any atom is 0.345 e. The molecule has 7 heteroatoms. The minimum absolute atomic E-state index is 0.142. The second-order valence-electron chi connectivity index (χ2n) is 6.77. The SMILES string of the molecule is Cc1ccc(OCC(=O)N/N=C/c2ccc(OC(=O)c3ccccc3Cl)cc2)cc1C. The van der Waals surface area contributed by atoms with Crippen molar-refractivity contribution in [3.63, 3.8) is 0 Å². The van der Waals surface area contributed by atoms with Gasteiger partial charge in [-0.1, -0.05) is 29.8 Å². The van der Waals surface area contributed by atoms with Crippen LogP contribution in [0.1, 0.15) is 27.0 Å². The molecule has 0 saturated heterocycles. The Morgan fingerprint density at radius 3 is 2.39 bits per heavy atom. The molecular formula is C24H21ClN2O4. The van der Waals surface area contributed by atoms with E-state index in [1.807, 2.05) is 32.0 Å². The van der Waals surface area contributed by atoms with Crippen molar-refractivity contribution in [2.75, 3.05) is 6.61 Å². The third-order valence-corrected chi connectivity index (χ3v) is 4.77. The van der Waals surface area contributed by atoms with E-state index in [0.717, 1.165) is 11.1 Å². The summed E-state index contributed by atoms with van der Waals surface area (Å²) in [5.74, 6) is 0.0832. The van der Waals surface area contributed by atoms with Crippen molar-refractivity contribution in [3.8, 4) is 11.5 Å². The molecule has 0 aromatic heterocycles. The van der Waals surface area contributed by atoms with Crippen LogP contribution in [0.25, 0.3) is 0 Å². The van der Waals surface area contributed by atoms with Crippen LogP contribution in [0.2, 0.25) is 5.02 Å². The molecule has 0 aliphatic heterocycles. The summed E-state index contributed by atoms with van der Waals surface area (Å²) in [6.07, 6.45) is 1.48. The minimum Gasteiger partial charge on any atom is -0.484 e. The summed E-state index contributed by atoms with van der Waals surface area (Å²) in [4.78, 5) is 24.1. The quantitative estimate of drug-likeness (QED) is 0.252. The van der Waals surface area contributed by atoms with E-state index in [-0.39, 0.29) is 12.5 Å². The third kappa shape index (κ3) is 6.42. The van der Waals surface area contributed by atoms with Gasteiger partial charge in [-0.3, -0.25) is 4.79 Å². The van der Waals surface area contributed by atoms with Crippen molar-refractivity contribution in [2.24, 2.45) is 5.10 Å². The highest BCUT2D eigenvalue weighted by atomic mass is 35.5. The maximum absolute atomic E-state index is 12.2. The highest BCUT2D eigenvalue weighted by Gasteiger charge is 2.12. The van der Waals surface area contributed by atoms with Gasteiger partial charge in [-0.25, -0.2) is 10.2 Å². The Bertz CT molecular complexity index is 1110. The van der Waals surface area contributed by atoms with E-state index in [4.69, 9.17) is 21.1 Å². The van der Waals surface area contributed by atoms with E-state index in [2.05, 4.69) is 10.5 Å². The van der Waals surface area contributed by atoms with Crippen LogP contribution < -0.4 is 14.9 Å². The Morgan fingerprint density at radius 1 is 0.968 bits per heavy atom. The summed E-state index contributed by atoms with van der Waals surface area (Å²) in [5.41, 5.74) is 5.67. The fourth-order valence-corrected chi connectivity index (χ4v) is 2.79. The normalized spacial score (nSPS) is 10.7. The summed E-state index contributed by atoms with van der Waals surface area (Å²) < 4.78 is 10.8. The number of nitrogens with one attached hydrogen (secondary N) is 1. The zero-order chi connectivity index (χ0) is 22.2. The Kier molecular flexibility index (Phi) is 7.40. The number of hydrazone groups is 1. The first-order valence-corrected chi connectivity index (χ1v) is 9.89. The van der Waals surface area contributed by atoms with Gasteiger partial charge in [0.15, 0.2) is 6.61 Å². The number of amides is 1. The molecule has 1 amide bonds. The average molecular weight is 437 g/mol. The van der Waals surface area contributed by atoms with E-state index in [1.165, 1.54) is 6.21 Å².